The van der Waals surface area contributed by atoms with Crippen molar-refractivity contribution in [3.05, 3.63) is 77.9 Å². The van der Waals surface area contributed by atoms with E-state index in [4.69, 9.17) is 10.4 Å². The van der Waals surface area contributed by atoms with E-state index in [1.807, 2.05) is 61.5 Å². The molecule has 0 aromatic heterocycles. The molecule has 0 fully saturated rings. The molecule has 0 saturated heterocycles. The van der Waals surface area contributed by atoms with Gasteiger partial charge >= 0.3 is 0 Å². The standard InChI is InChI=1S/C19H16N2/c1-14(15-7-3-2-4-8-15)21-19-17(13-20)12-11-16-9-5-6-10-18(16)19/h2-13,20H,1H3. The van der Waals surface area contributed by atoms with Crippen LogP contribution in [0.1, 0.15) is 18.1 Å². The predicted molar refractivity (Wildman–Crippen MR) is 90.1 cm³/mol. The monoisotopic (exact) mass is 272 g/mol. The Kier molecular flexibility index (Phi) is 3.61. The Labute approximate surface area is 124 Å². The molecule has 0 aliphatic carbocycles. The zero-order valence-electron chi connectivity index (χ0n) is 11.9. The van der Waals surface area contributed by atoms with Gasteiger partial charge in [0.15, 0.2) is 0 Å². The summed E-state index contributed by atoms with van der Waals surface area (Å²) in [5.74, 6) is 0. The number of hydrogen-bond acceptors (Lipinski definition) is 2. The van der Waals surface area contributed by atoms with E-state index in [9.17, 15) is 0 Å². The summed E-state index contributed by atoms with van der Waals surface area (Å²) in [6.07, 6.45) is 1.36. The van der Waals surface area contributed by atoms with Crippen LogP contribution in [0.15, 0.2) is 71.7 Å². The molecule has 0 radical (unpaired) electrons. The molecule has 0 aliphatic rings. The van der Waals surface area contributed by atoms with Gasteiger partial charge in [0.2, 0.25) is 0 Å². The summed E-state index contributed by atoms with van der Waals surface area (Å²) in [7, 11) is 0. The van der Waals surface area contributed by atoms with Gasteiger partial charge < -0.3 is 5.41 Å². The fourth-order valence-electron chi connectivity index (χ4n) is 2.42. The maximum Gasteiger partial charge on any atom is 0.0798 e. The van der Waals surface area contributed by atoms with Gasteiger partial charge in [-0.3, -0.25) is 4.99 Å². The minimum Gasteiger partial charge on any atom is -0.308 e. The second-order valence-corrected chi connectivity index (χ2v) is 4.93. The lowest BCUT2D eigenvalue weighted by Crippen LogP contribution is -1.94. The average molecular weight is 272 g/mol. The van der Waals surface area contributed by atoms with Gasteiger partial charge in [-0.05, 0) is 17.9 Å². The van der Waals surface area contributed by atoms with Crippen molar-refractivity contribution in [1.82, 2.24) is 0 Å². The van der Waals surface area contributed by atoms with E-state index in [2.05, 4.69) is 12.1 Å². The molecular weight excluding hydrogens is 256 g/mol. The molecule has 102 valence electrons. The van der Waals surface area contributed by atoms with E-state index in [0.717, 1.165) is 33.3 Å². The molecule has 3 aromatic rings. The van der Waals surface area contributed by atoms with Gasteiger partial charge in [-0.15, -0.1) is 0 Å². The van der Waals surface area contributed by atoms with Crippen molar-refractivity contribution in [2.75, 3.05) is 0 Å². The van der Waals surface area contributed by atoms with Crippen LogP contribution in [0.4, 0.5) is 5.69 Å². The van der Waals surface area contributed by atoms with Gasteiger partial charge in [0.1, 0.15) is 0 Å². The van der Waals surface area contributed by atoms with Crippen molar-refractivity contribution >= 4 is 28.4 Å². The number of nitrogens with one attached hydrogen (secondary N) is 1. The van der Waals surface area contributed by atoms with Crippen LogP contribution in [0.3, 0.4) is 0 Å². The lowest BCUT2D eigenvalue weighted by molar-refractivity contribution is 1.47. The minimum absolute atomic E-state index is 0.837. The van der Waals surface area contributed by atoms with Crippen LogP contribution in [0.5, 0.6) is 0 Å². The van der Waals surface area contributed by atoms with Crippen molar-refractivity contribution < 1.29 is 0 Å². The Morgan fingerprint density at radius 3 is 2.38 bits per heavy atom. The minimum atomic E-state index is 0.837. The summed E-state index contributed by atoms with van der Waals surface area (Å²) in [5, 5.41) is 9.83. The van der Waals surface area contributed by atoms with Crippen LogP contribution in [-0.2, 0) is 0 Å². The van der Waals surface area contributed by atoms with Crippen molar-refractivity contribution in [2.45, 2.75) is 6.92 Å². The molecule has 21 heavy (non-hydrogen) atoms. The molecule has 0 atom stereocenters. The van der Waals surface area contributed by atoms with Gasteiger partial charge in [0, 0.05) is 22.9 Å². The Hall–Kier alpha value is -2.74. The molecule has 2 nitrogen and oxygen atoms in total. The fraction of sp³-hybridized carbons (Fsp3) is 0.0526. The van der Waals surface area contributed by atoms with Gasteiger partial charge in [-0.25, -0.2) is 0 Å². The topological polar surface area (TPSA) is 36.2 Å². The number of hydrogen-bond donors (Lipinski definition) is 1. The highest BCUT2D eigenvalue weighted by atomic mass is 14.8. The molecule has 0 unspecified atom stereocenters. The second kappa shape index (κ2) is 5.71. The van der Waals surface area contributed by atoms with Gasteiger partial charge in [-0.2, -0.15) is 0 Å². The first-order chi connectivity index (χ1) is 10.3. The Morgan fingerprint density at radius 2 is 1.62 bits per heavy atom. The third kappa shape index (κ3) is 2.61. The van der Waals surface area contributed by atoms with Crippen molar-refractivity contribution in [3.63, 3.8) is 0 Å². The predicted octanol–water partition coefficient (Wildman–Crippen LogP) is 4.98. The fourth-order valence-corrected chi connectivity index (χ4v) is 2.42. The molecule has 0 aliphatic heterocycles. The molecule has 0 saturated carbocycles. The summed E-state index contributed by atoms with van der Waals surface area (Å²) in [6, 6.07) is 22.2. The smallest absolute Gasteiger partial charge is 0.0798 e. The normalized spacial score (nSPS) is 11.6. The van der Waals surface area contributed by atoms with Gasteiger partial charge in [0.25, 0.3) is 0 Å². The average Bonchev–Trinajstić information content (AvgIpc) is 2.56. The summed E-state index contributed by atoms with van der Waals surface area (Å²) < 4.78 is 0. The van der Waals surface area contributed by atoms with E-state index in [1.165, 1.54) is 6.21 Å². The number of nitrogens with zero attached hydrogens (tertiary/aromatic N) is 1. The van der Waals surface area contributed by atoms with Crippen LogP contribution >= 0.6 is 0 Å². The Bertz CT molecular complexity index is 817. The maximum atomic E-state index is 7.61. The van der Waals surface area contributed by atoms with E-state index in [-0.39, 0.29) is 0 Å². The number of benzene rings is 3. The van der Waals surface area contributed by atoms with Crippen molar-refractivity contribution in [2.24, 2.45) is 4.99 Å². The Morgan fingerprint density at radius 1 is 0.905 bits per heavy atom. The zero-order chi connectivity index (χ0) is 14.7. The van der Waals surface area contributed by atoms with Crippen LogP contribution in [-0.4, -0.2) is 11.9 Å². The molecule has 0 amide bonds. The highest BCUT2D eigenvalue weighted by molar-refractivity contribution is 6.07. The highest BCUT2D eigenvalue weighted by Gasteiger charge is 2.06. The Balaban J connectivity index is 2.21. The van der Waals surface area contributed by atoms with E-state index in [1.54, 1.807) is 0 Å². The van der Waals surface area contributed by atoms with E-state index >= 15 is 0 Å². The largest absolute Gasteiger partial charge is 0.308 e. The van der Waals surface area contributed by atoms with Gasteiger partial charge in [0.05, 0.1) is 5.69 Å². The molecular formula is C19H16N2. The van der Waals surface area contributed by atoms with Crippen molar-refractivity contribution in [1.29, 1.82) is 5.41 Å². The SMILES string of the molecule is CC(=Nc1c(C=N)ccc2ccccc12)c1ccccc1. The lowest BCUT2D eigenvalue weighted by Gasteiger charge is -2.08. The van der Waals surface area contributed by atoms with Crippen LogP contribution in [0.25, 0.3) is 10.8 Å². The first kappa shape index (κ1) is 13.3. The zero-order valence-corrected chi connectivity index (χ0v) is 11.9. The molecule has 2 heteroatoms. The number of aliphatic imine (C=N–C) groups is 1. The summed E-state index contributed by atoms with van der Waals surface area (Å²) in [6.45, 7) is 2.00. The quantitative estimate of drug-likeness (QED) is 0.653. The van der Waals surface area contributed by atoms with Crippen LogP contribution in [0, 0.1) is 5.41 Å². The second-order valence-electron chi connectivity index (χ2n) is 4.93. The first-order valence-corrected chi connectivity index (χ1v) is 6.92. The van der Waals surface area contributed by atoms with Crippen molar-refractivity contribution in [3.8, 4) is 0 Å². The first-order valence-electron chi connectivity index (χ1n) is 6.92. The summed E-state index contributed by atoms with van der Waals surface area (Å²) in [5.41, 5.74) is 3.75. The maximum absolute atomic E-state index is 7.61. The summed E-state index contributed by atoms with van der Waals surface area (Å²) >= 11 is 0. The molecule has 0 spiro atoms. The third-order valence-corrected chi connectivity index (χ3v) is 3.56. The number of fused-ring (bicyclic) bond motifs is 1. The van der Waals surface area contributed by atoms with E-state index in [0.29, 0.717) is 0 Å². The lowest BCUT2D eigenvalue weighted by atomic mass is 10.0. The van der Waals surface area contributed by atoms with E-state index < -0.39 is 0 Å². The molecule has 1 N–H and O–H groups in total. The summed E-state index contributed by atoms with van der Waals surface area (Å²) in [4.78, 5) is 4.79. The third-order valence-electron chi connectivity index (χ3n) is 3.56. The van der Waals surface area contributed by atoms with Crippen LogP contribution in [0.2, 0.25) is 0 Å². The molecule has 3 aromatic carbocycles. The van der Waals surface area contributed by atoms with Gasteiger partial charge in [-0.1, -0.05) is 66.7 Å². The van der Waals surface area contributed by atoms with Crippen LogP contribution < -0.4 is 0 Å². The number of rotatable bonds is 3. The molecule has 0 bridgehead atoms. The molecule has 3 rings (SSSR count). The highest BCUT2D eigenvalue weighted by Crippen LogP contribution is 2.30. The molecule has 0 heterocycles.